The first-order chi connectivity index (χ1) is 18.2. The lowest BCUT2D eigenvalue weighted by atomic mass is 10.0. The molecule has 2 N–H and O–H groups in total. The number of rotatable bonds is 8. The number of nitrogens with zero attached hydrogens (tertiary/aromatic N) is 2. The van der Waals surface area contributed by atoms with Gasteiger partial charge in [0.15, 0.2) is 11.5 Å². The molecule has 1 amide bonds. The fraction of sp³-hybridized carbons (Fsp3) is 0.300. The average molecular weight is 497 g/mol. The molecule has 37 heavy (non-hydrogen) atoms. The zero-order valence-electron chi connectivity index (χ0n) is 20.9. The van der Waals surface area contributed by atoms with Gasteiger partial charge in [0, 0.05) is 61.7 Å². The molecule has 4 aromatic rings. The Kier molecular flexibility index (Phi) is 6.69. The van der Waals surface area contributed by atoms with E-state index in [-0.39, 0.29) is 12.7 Å². The molecule has 0 unspecified atom stereocenters. The first-order valence-electron chi connectivity index (χ1n) is 13.0. The van der Waals surface area contributed by atoms with E-state index in [1.165, 1.54) is 16.6 Å². The highest BCUT2D eigenvalue weighted by molar-refractivity contribution is 5.94. The Labute approximate surface area is 217 Å². The Hall–Kier alpha value is -3.97. The van der Waals surface area contributed by atoms with Gasteiger partial charge >= 0.3 is 0 Å². The zero-order valence-corrected chi connectivity index (χ0v) is 20.9. The van der Waals surface area contributed by atoms with E-state index in [0.717, 1.165) is 56.1 Å². The van der Waals surface area contributed by atoms with Crippen LogP contribution in [-0.4, -0.2) is 42.9 Å². The van der Waals surface area contributed by atoms with Crippen molar-refractivity contribution in [1.29, 1.82) is 0 Å². The van der Waals surface area contributed by atoms with Crippen molar-refractivity contribution >= 4 is 22.5 Å². The minimum absolute atomic E-state index is 0.0809. The molecule has 7 heteroatoms. The van der Waals surface area contributed by atoms with Gasteiger partial charge in [-0.15, -0.1) is 0 Å². The standard InChI is InChI=1S/C30H32N4O3/c35-30(32-20-22-5-10-28-29(19-22)37-21-36-28)24-6-8-26(9-7-24)33-16-12-25(13-17-33)31-14-18-34-15-11-23-3-1-2-4-27(23)34/h1-11,15,19,25,31H,12-14,16-18,20-21H2,(H,32,35). The molecule has 3 heterocycles. The van der Waals surface area contributed by atoms with E-state index >= 15 is 0 Å². The fourth-order valence-electron chi connectivity index (χ4n) is 5.23. The zero-order chi connectivity index (χ0) is 25.0. The Bertz CT molecular complexity index is 1370. The molecular weight excluding hydrogens is 464 g/mol. The quantitative estimate of drug-likeness (QED) is 0.374. The summed E-state index contributed by atoms with van der Waals surface area (Å²) in [6, 6.07) is 24.9. The van der Waals surface area contributed by atoms with Crippen LogP contribution in [0.3, 0.4) is 0 Å². The van der Waals surface area contributed by atoms with Gasteiger partial charge in [0.2, 0.25) is 6.79 Å². The van der Waals surface area contributed by atoms with Crippen LogP contribution >= 0.6 is 0 Å². The van der Waals surface area contributed by atoms with E-state index < -0.39 is 0 Å². The Morgan fingerprint density at radius 2 is 1.73 bits per heavy atom. The molecule has 7 nitrogen and oxygen atoms in total. The van der Waals surface area contributed by atoms with Crippen LogP contribution in [0.1, 0.15) is 28.8 Å². The van der Waals surface area contributed by atoms with Crippen LogP contribution in [-0.2, 0) is 13.1 Å². The molecule has 3 aromatic carbocycles. The highest BCUT2D eigenvalue weighted by atomic mass is 16.7. The molecule has 0 atom stereocenters. The van der Waals surface area contributed by atoms with Gasteiger partial charge < -0.3 is 29.6 Å². The molecule has 2 aliphatic rings. The molecule has 2 aliphatic heterocycles. The Morgan fingerprint density at radius 1 is 0.919 bits per heavy atom. The lowest BCUT2D eigenvalue weighted by molar-refractivity contribution is 0.0951. The van der Waals surface area contributed by atoms with Gasteiger partial charge in [-0.3, -0.25) is 4.79 Å². The molecule has 0 spiro atoms. The summed E-state index contributed by atoms with van der Waals surface area (Å²) < 4.78 is 13.1. The van der Waals surface area contributed by atoms with E-state index in [2.05, 4.69) is 68.8 Å². The lowest BCUT2D eigenvalue weighted by Crippen LogP contribution is -2.43. The van der Waals surface area contributed by atoms with E-state index in [4.69, 9.17) is 9.47 Å². The van der Waals surface area contributed by atoms with E-state index in [9.17, 15) is 4.79 Å². The van der Waals surface area contributed by atoms with Crippen molar-refractivity contribution in [3.8, 4) is 11.5 Å². The third-order valence-electron chi connectivity index (χ3n) is 7.35. The van der Waals surface area contributed by atoms with Crippen LogP contribution in [0.5, 0.6) is 11.5 Å². The Morgan fingerprint density at radius 3 is 2.59 bits per heavy atom. The summed E-state index contributed by atoms with van der Waals surface area (Å²) in [7, 11) is 0. The van der Waals surface area contributed by atoms with Crippen molar-refractivity contribution < 1.29 is 14.3 Å². The first-order valence-corrected chi connectivity index (χ1v) is 13.0. The highest BCUT2D eigenvalue weighted by Crippen LogP contribution is 2.32. The van der Waals surface area contributed by atoms with Crippen LogP contribution in [0.2, 0.25) is 0 Å². The molecule has 0 aliphatic carbocycles. The van der Waals surface area contributed by atoms with Gasteiger partial charge in [-0.05, 0) is 72.3 Å². The number of piperidine rings is 1. The number of nitrogens with one attached hydrogen (secondary N) is 2. The van der Waals surface area contributed by atoms with Crippen molar-refractivity contribution in [1.82, 2.24) is 15.2 Å². The number of anilines is 1. The van der Waals surface area contributed by atoms with Gasteiger partial charge in [-0.1, -0.05) is 24.3 Å². The molecule has 0 bridgehead atoms. The third kappa shape index (κ3) is 5.27. The summed E-state index contributed by atoms with van der Waals surface area (Å²) in [6.45, 7) is 4.67. The maximum Gasteiger partial charge on any atom is 0.251 e. The molecule has 1 aromatic heterocycles. The number of carbonyl (C=O) groups is 1. The Balaban J connectivity index is 0.950. The topological polar surface area (TPSA) is 67.8 Å². The summed E-state index contributed by atoms with van der Waals surface area (Å²) in [6.07, 6.45) is 4.41. The second-order valence-corrected chi connectivity index (χ2v) is 9.70. The van der Waals surface area contributed by atoms with Gasteiger partial charge in [0.25, 0.3) is 5.91 Å². The third-order valence-corrected chi connectivity index (χ3v) is 7.35. The smallest absolute Gasteiger partial charge is 0.251 e. The minimum atomic E-state index is -0.0809. The van der Waals surface area contributed by atoms with Crippen molar-refractivity contribution in [2.24, 2.45) is 0 Å². The molecule has 0 saturated carbocycles. The highest BCUT2D eigenvalue weighted by Gasteiger charge is 2.19. The monoisotopic (exact) mass is 496 g/mol. The van der Waals surface area contributed by atoms with Gasteiger partial charge in [0.05, 0.1) is 0 Å². The molecule has 6 rings (SSSR count). The van der Waals surface area contributed by atoms with Gasteiger partial charge in [-0.25, -0.2) is 0 Å². The molecule has 190 valence electrons. The lowest BCUT2D eigenvalue weighted by Gasteiger charge is -2.34. The summed E-state index contributed by atoms with van der Waals surface area (Å²) in [4.78, 5) is 15.1. The van der Waals surface area contributed by atoms with Crippen LogP contribution in [0.4, 0.5) is 5.69 Å². The predicted molar refractivity (Wildman–Crippen MR) is 145 cm³/mol. The van der Waals surface area contributed by atoms with Crippen LogP contribution in [0.15, 0.2) is 79.0 Å². The first kappa shape index (κ1) is 23.4. The van der Waals surface area contributed by atoms with E-state index in [1.807, 2.05) is 30.3 Å². The number of hydrogen-bond acceptors (Lipinski definition) is 5. The number of aromatic nitrogens is 1. The van der Waals surface area contributed by atoms with Gasteiger partial charge in [0.1, 0.15) is 0 Å². The van der Waals surface area contributed by atoms with Crippen LogP contribution in [0.25, 0.3) is 10.9 Å². The SMILES string of the molecule is O=C(NCc1ccc2c(c1)OCO2)c1ccc(N2CCC(NCCn3ccc4ccccc43)CC2)cc1. The van der Waals surface area contributed by atoms with E-state index in [0.29, 0.717) is 18.2 Å². The molecular formula is C30H32N4O3. The number of benzene rings is 3. The maximum atomic E-state index is 12.6. The van der Waals surface area contributed by atoms with E-state index in [1.54, 1.807) is 0 Å². The normalized spacial score (nSPS) is 15.3. The second kappa shape index (κ2) is 10.6. The van der Waals surface area contributed by atoms with Crippen molar-refractivity contribution in [2.45, 2.75) is 32.0 Å². The summed E-state index contributed by atoms with van der Waals surface area (Å²) >= 11 is 0. The van der Waals surface area contributed by atoms with Crippen molar-refractivity contribution in [2.75, 3.05) is 31.3 Å². The van der Waals surface area contributed by atoms with Crippen molar-refractivity contribution in [3.63, 3.8) is 0 Å². The van der Waals surface area contributed by atoms with Crippen LogP contribution in [0, 0.1) is 0 Å². The molecule has 0 radical (unpaired) electrons. The van der Waals surface area contributed by atoms with Crippen LogP contribution < -0.4 is 25.0 Å². The average Bonchev–Trinajstić information content (AvgIpc) is 3.59. The van der Waals surface area contributed by atoms with Gasteiger partial charge in [-0.2, -0.15) is 0 Å². The number of hydrogen-bond donors (Lipinski definition) is 2. The second-order valence-electron chi connectivity index (χ2n) is 9.70. The number of ether oxygens (including phenoxy) is 2. The number of carbonyl (C=O) groups excluding carboxylic acids is 1. The molecule has 1 fully saturated rings. The van der Waals surface area contributed by atoms with Crippen molar-refractivity contribution in [3.05, 3.63) is 90.1 Å². The summed E-state index contributed by atoms with van der Waals surface area (Å²) in [5.41, 5.74) is 4.11. The molecule has 1 saturated heterocycles. The number of para-hydroxylation sites is 1. The maximum absolute atomic E-state index is 12.6. The predicted octanol–water partition coefficient (Wildman–Crippen LogP) is 4.56. The fourth-order valence-corrected chi connectivity index (χ4v) is 5.23. The number of fused-ring (bicyclic) bond motifs is 2. The summed E-state index contributed by atoms with van der Waals surface area (Å²) in [5, 5.41) is 8.03. The minimum Gasteiger partial charge on any atom is -0.454 e. The number of amides is 1. The largest absolute Gasteiger partial charge is 0.454 e. The summed E-state index contributed by atoms with van der Waals surface area (Å²) in [5.74, 6) is 1.39.